The molecule has 2 fully saturated rings. The molecule has 3 heteroatoms. The number of carbonyl (C=O) groups excluding carboxylic acids is 1. The fraction of sp³-hybridized carbons (Fsp3) is 0.933. The Bertz CT molecular complexity index is 252. The minimum Gasteiger partial charge on any atom is -0.381 e. The average molecular weight is 254 g/mol. The summed E-state index contributed by atoms with van der Waals surface area (Å²) in [6.07, 6.45) is 7.96. The van der Waals surface area contributed by atoms with Crippen LogP contribution in [-0.2, 0) is 14.3 Å². The molecule has 2 aliphatic rings. The van der Waals surface area contributed by atoms with E-state index in [2.05, 4.69) is 0 Å². The lowest BCUT2D eigenvalue weighted by Gasteiger charge is -2.32. The van der Waals surface area contributed by atoms with Gasteiger partial charge < -0.3 is 9.47 Å². The number of hydrogen-bond donors (Lipinski definition) is 0. The van der Waals surface area contributed by atoms with E-state index in [4.69, 9.17) is 9.47 Å². The topological polar surface area (TPSA) is 35.5 Å². The van der Waals surface area contributed by atoms with Gasteiger partial charge in [0.05, 0.1) is 6.61 Å². The first-order valence-electron chi connectivity index (χ1n) is 7.56. The highest BCUT2D eigenvalue weighted by molar-refractivity contribution is 5.86. The number of ether oxygens (including phenoxy) is 2. The molecular formula is C15H26O3. The van der Waals surface area contributed by atoms with Crippen LogP contribution >= 0.6 is 0 Å². The van der Waals surface area contributed by atoms with E-state index in [0.717, 1.165) is 32.3 Å². The third-order valence-corrected chi connectivity index (χ3v) is 4.27. The SMILES string of the molecule is CCOC(C(=O)C1CCCOC1)C1CCCCC1. The van der Waals surface area contributed by atoms with E-state index in [1.54, 1.807) is 0 Å². The molecular weight excluding hydrogens is 228 g/mol. The molecule has 0 bridgehead atoms. The molecule has 2 rings (SSSR count). The van der Waals surface area contributed by atoms with Gasteiger partial charge in [-0.3, -0.25) is 4.79 Å². The molecule has 104 valence electrons. The van der Waals surface area contributed by atoms with Gasteiger partial charge in [0.25, 0.3) is 0 Å². The van der Waals surface area contributed by atoms with Crippen LogP contribution in [0.1, 0.15) is 51.9 Å². The summed E-state index contributed by atoms with van der Waals surface area (Å²) in [5.41, 5.74) is 0. The van der Waals surface area contributed by atoms with E-state index >= 15 is 0 Å². The Morgan fingerprint density at radius 1 is 1.22 bits per heavy atom. The van der Waals surface area contributed by atoms with Crippen LogP contribution in [0.4, 0.5) is 0 Å². The van der Waals surface area contributed by atoms with Gasteiger partial charge in [-0.2, -0.15) is 0 Å². The summed E-state index contributed by atoms with van der Waals surface area (Å²) < 4.78 is 11.2. The van der Waals surface area contributed by atoms with E-state index in [0.29, 0.717) is 24.9 Å². The molecule has 0 amide bonds. The van der Waals surface area contributed by atoms with E-state index in [9.17, 15) is 4.79 Å². The fourth-order valence-electron chi connectivity index (χ4n) is 3.26. The maximum absolute atomic E-state index is 12.6. The highest BCUT2D eigenvalue weighted by atomic mass is 16.5. The molecule has 1 saturated carbocycles. The van der Waals surface area contributed by atoms with Crippen molar-refractivity contribution in [1.29, 1.82) is 0 Å². The summed E-state index contributed by atoms with van der Waals surface area (Å²) in [6, 6.07) is 0. The normalized spacial score (nSPS) is 27.9. The summed E-state index contributed by atoms with van der Waals surface area (Å²) >= 11 is 0. The molecule has 1 aliphatic carbocycles. The molecule has 18 heavy (non-hydrogen) atoms. The number of rotatable bonds is 5. The van der Waals surface area contributed by atoms with Crippen LogP contribution in [0.2, 0.25) is 0 Å². The second kappa shape index (κ2) is 7.25. The van der Waals surface area contributed by atoms with Gasteiger partial charge in [-0.25, -0.2) is 0 Å². The zero-order valence-electron chi connectivity index (χ0n) is 11.5. The molecule has 2 unspecified atom stereocenters. The van der Waals surface area contributed by atoms with Crippen LogP contribution in [-0.4, -0.2) is 31.7 Å². The second-order valence-electron chi connectivity index (χ2n) is 5.59. The number of carbonyl (C=O) groups is 1. The maximum atomic E-state index is 12.6. The van der Waals surface area contributed by atoms with Gasteiger partial charge in [-0.05, 0) is 38.5 Å². The summed E-state index contributed by atoms with van der Waals surface area (Å²) in [7, 11) is 0. The molecule has 0 N–H and O–H groups in total. The third kappa shape index (κ3) is 3.55. The predicted octanol–water partition coefficient (Wildman–Crippen LogP) is 2.97. The standard InChI is InChI=1S/C15H26O3/c1-2-18-15(12-7-4-3-5-8-12)14(16)13-9-6-10-17-11-13/h12-13,15H,2-11H2,1H3. The molecule has 2 atom stereocenters. The zero-order chi connectivity index (χ0) is 12.8. The molecule has 1 heterocycles. The summed E-state index contributed by atoms with van der Waals surface area (Å²) in [5.74, 6) is 0.841. The molecule has 0 aromatic carbocycles. The van der Waals surface area contributed by atoms with Crippen LogP contribution < -0.4 is 0 Å². The first-order chi connectivity index (χ1) is 8.83. The smallest absolute Gasteiger partial charge is 0.167 e. The molecule has 0 spiro atoms. The molecule has 1 saturated heterocycles. The average Bonchev–Trinajstić information content (AvgIpc) is 2.46. The van der Waals surface area contributed by atoms with E-state index in [-0.39, 0.29) is 12.0 Å². The van der Waals surface area contributed by atoms with Gasteiger partial charge in [-0.1, -0.05) is 19.3 Å². The van der Waals surface area contributed by atoms with E-state index in [1.807, 2.05) is 6.92 Å². The minimum absolute atomic E-state index is 0.0808. The van der Waals surface area contributed by atoms with Gasteiger partial charge in [0.15, 0.2) is 5.78 Å². The molecule has 0 radical (unpaired) electrons. The fourth-order valence-corrected chi connectivity index (χ4v) is 3.26. The lowest BCUT2D eigenvalue weighted by atomic mass is 9.80. The van der Waals surface area contributed by atoms with Gasteiger partial charge in [0.2, 0.25) is 0 Å². The monoisotopic (exact) mass is 254 g/mol. The first kappa shape index (κ1) is 14.0. The number of Topliss-reactive ketones (excluding diaryl/α,β-unsaturated/α-hetero) is 1. The molecule has 0 aromatic heterocycles. The Hall–Kier alpha value is -0.410. The van der Waals surface area contributed by atoms with Crippen LogP contribution in [0.25, 0.3) is 0 Å². The molecule has 1 aliphatic heterocycles. The largest absolute Gasteiger partial charge is 0.381 e. The quantitative estimate of drug-likeness (QED) is 0.756. The Morgan fingerprint density at radius 2 is 2.00 bits per heavy atom. The van der Waals surface area contributed by atoms with E-state index < -0.39 is 0 Å². The van der Waals surface area contributed by atoms with Crippen molar-refractivity contribution < 1.29 is 14.3 Å². The van der Waals surface area contributed by atoms with Gasteiger partial charge in [0, 0.05) is 19.1 Å². The van der Waals surface area contributed by atoms with Crippen LogP contribution in [0.15, 0.2) is 0 Å². The second-order valence-corrected chi connectivity index (χ2v) is 5.59. The van der Waals surface area contributed by atoms with Crippen LogP contribution in [0.3, 0.4) is 0 Å². The van der Waals surface area contributed by atoms with Crippen molar-refractivity contribution in [3.63, 3.8) is 0 Å². The van der Waals surface area contributed by atoms with Gasteiger partial charge in [-0.15, -0.1) is 0 Å². The number of hydrogen-bond acceptors (Lipinski definition) is 3. The first-order valence-corrected chi connectivity index (χ1v) is 7.56. The maximum Gasteiger partial charge on any atom is 0.167 e. The highest BCUT2D eigenvalue weighted by Gasteiger charge is 2.35. The Morgan fingerprint density at radius 3 is 2.61 bits per heavy atom. The predicted molar refractivity (Wildman–Crippen MR) is 70.5 cm³/mol. The van der Waals surface area contributed by atoms with Crippen molar-refractivity contribution in [2.45, 2.75) is 58.0 Å². The Labute approximate surface area is 110 Å². The summed E-state index contributed by atoms with van der Waals surface area (Å²) in [4.78, 5) is 12.6. The van der Waals surface area contributed by atoms with Crippen molar-refractivity contribution >= 4 is 5.78 Å². The Kier molecular flexibility index (Phi) is 5.64. The van der Waals surface area contributed by atoms with Crippen LogP contribution in [0, 0.1) is 11.8 Å². The molecule has 0 aromatic rings. The molecule has 3 nitrogen and oxygen atoms in total. The summed E-state index contributed by atoms with van der Waals surface area (Å²) in [5, 5.41) is 0. The van der Waals surface area contributed by atoms with Crippen molar-refractivity contribution in [3.8, 4) is 0 Å². The van der Waals surface area contributed by atoms with Crippen molar-refractivity contribution in [1.82, 2.24) is 0 Å². The van der Waals surface area contributed by atoms with Gasteiger partial charge >= 0.3 is 0 Å². The summed E-state index contributed by atoms with van der Waals surface area (Å²) in [6.45, 7) is 4.04. The van der Waals surface area contributed by atoms with Crippen LogP contribution in [0.5, 0.6) is 0 Å². The van der Waals surface area contributed by atoms with Crippen molar-refractivity contribution in [2.75, 3.05) is 19.8 Å². The van der Waals surface area contributed by atoms with Crippen molar-refractivity contribution in [3.05, 3.63) is 0 Å². The third-order valence-electron chi connectivity index (χ3n) is 4.27. The lowest BCUT2D eigenvalue weighted by Crippen LogP contribution is -2.40. The zero-order valence-corrected chi connectivity index (χ0v) is 11.5. The highest BCUT2D eigenvalue weighted by Crippen LogP contribution is 2.31. The van der Waals surface area contributed by atoms with Crippen molar-refractivity contribution in [2.24, 2.45) is 11.8 Å². The minimum atomic E-state index is -0.165. The number of ketones is 1. The lowest BCUT2D eigenvalue weighted by molar-refractivity contribution is -0.143. The van der Waals surface area contributed by atoms with E-state index in [1.165, 1.54) is 19.3 Å². The Balaban J connectivity index is 1.96. The van der Waals surface area contributed by atoms with Gasteiger partial charge in [0.1, 0.15) is 6.10 Å².